The molecule has 6 nitrogen and oxygen atoms in total. The van der Waals surface area contributed by atoms with E-state index in [1.165, 1.54) is 18.4 Å². The maximum absolute atomic E-state index is 11.7. The fourth-order valence-electron chi connectivity index (χ4n) is 1.67. The molecule has 0 aliphatic rings. The molecule has 0 amide bonds. The summed E-state index contributed by atoms with van der Waals surface area (Å²) in [6.45, 7) is 0. The van der Waals surface area contributed by atoms with Gasteiger partial charge in [0.25, 0.3) is 0 Å². The summed E-state index contributed by atoms with van der Waals surface area (Å²) in [5, 5.41) is 6.64. The minimum absolute atomic E-state index is 0.419. The van der Waals surface area contributed by atoms with Gasteiger partial charge in [-0.1, -0.05) is 0 Å². The number of nitrogens with one attached hydrogen (secondary N) is 1. The number of pyridine rings is 1. The van der Waals surface area contributed by atoms with Gasteiger partial charge in [0, 0.05) is 6.20 Å². The van der Waals surface area contributed by atoms with Crippen molar-refractivity contribution in [3.63, 3.8) is 0 Å². The molecule has 3 aromatic heterocycles. The Morgan fingerprint density at radius 3 is 3.06 bits per heavy atom. The largest absolute Gasteiger partial charge is 0.465 e. The quantitative estimate of drug-likeness (QED) is 0.711. The molecule has 90 valence electrons. The van der Waals surface area contributed by atoms with E-state index < -0.39 is 5.97 Å². The molecule has 0 aliphatic carbocycles. The van der Waals surface area contributed by atoms with Gasteiger partial charge in [-0.2, -0.15) is 5.10 Å². The molecule has 0 saturated carbocycles. The van der Waals surface area contributed by atoms with Gasteiger partial charge in [0.05, 0.1) is 40.5 Å². The van der Waals surface area contributed by atoms with E-state index in [1.54, 1.807) is 24.0 Å². The lowest BCUT2D eigenvalue weighted by Gasteiger charge is -2.03. The van der Waals surface area contributed by atoms with Crippen LogP contribution in [0.3, 0.4) is 0 Å². The van der Waals surface area contributed by atoms with Gasteiger partial charge in [0.1, 0.15) is 5.52 Å². The van der Waals surface area contributed by atoms with Gasteiger partial charge in [-0.15, -0.1) is 11.3 Å². The second-order valence-electron chi connectivity index (χ2n) is 3.54. The fraction of sp³-hybridized carbons (Fsp3) is 0.0909. The van der Waals surface area contributed by atoms with Crippen molar-refractivity contribution in [1.82, 2.24) is 20.2 Å². The lowest BCUT2D eigenvalue weighted by Crippen LogP contribution is -2.03. The molecular formula is C11H8N4O2S. The molecule has 0 aliphatic heterocycles. The Balaban J connectivity index is 2.26. The van der Waals surface area contributed by atoms with Crippen LogP contribution in [-0.4, -0.2) is 33.2 Å². The first kappa shape index (κ1) is 10.8. The molecule has 7 heteroatoms. The highest BCUT2D eigenvalue weighted by Gasteiger charge is 2.16. The van der Waals surface area contributed by atoms with Crippen LogP contribution in [0.1, 0.15) is 10.4 Å². The smallest absolute Gasteiger partial charge is 0.340 e. The van der Waals surface area contributed by atoms with Crippen molar-refractivity contribution >= 4 is 28.3 Å². The summed E-state index contributed by atoms with van der Waals surface area (Å²) in [5.41, 5.74) is 4.03. The number of nitrogens with zero attached hydrogens (tertiary/aromatic N) is 3. The molecule has 0 unspecified atom stereocenters. The van der Waals surface area contributed by atoms with E-state index in [0.717, 1.165) is 4.88 Å². The van der Waals surface area contributed by atoms with E-state index in [-0.39, 0.29) is 0 Å². The zero-order valence-corrected chi connectivity index (χ0v) is 10.2. The van der Waals surface area contributed by atoms with Gasteiger partial charge in [0.2, 0.25) is 0 Å². The van der Waals surface area contributed by atoms with Crippen molar-refractivity contribution in [3.8, 4) is 10.6 Å². The number of H-pyrrole nitrogens is 1. The molecule has 3 aromatic rings. The highest BCUT2D eigenvalue weighted by molar-refractivity contribution is 7.13. The Labute approximate surface area is 106 Å². The van der Waals surface area contributed by atoms with Crippen LogP contribution in [0.25, 0.3) is 21.6 Å². The number of esters is 1. The SMILES string of the molecule is COC(=O)c1cc(-c2cncs2)nc2cn[nH]c12. The molecule has 0 saturated heterocycles. The number of hydrogen-bond donors (Lipinski definition) is 1. The number of fused-ring (bicyclic) bond motifs is 1. The van der Waals surface area contributed by atoms with Gasteiger partial charge in [0.15, 0.2) is 0 Å². The van der Waals surface area contributed by atoms with Crippen molar-refractivity contribution in [2.24, 2.45) is 0 Å². The van der Waals surface area contributed by atoms with Crippen LogP contribution in [0.4, 0.5) is 0 Å². The summed E-state index contributed by atoms with van der Waals surface area (Å²) in [5.74, 6) is -0.419. The zero-order chi connectivity index (χ0) is 12.5. The third-order valence-corrected chi connectivity index (χ3v) is 3.30. The van der Waals surface area contributed by atoms with Gasteiger partial charge in [-0.25, -0.2) is 9.78 Å². The first-order chi connectivity index (χ1) is 8.79. The minimum Gasteiger partial charge on any atom is -0.465 e. The van der Waals surface area contributed by atoms with Gasteiger partial charge < -0.3 is 4.74 Å². The molecule has 3 heterocycles. The van der Waals surface area contributed by atoms with Gasteiger partial charge in [-0.3, -0.25) is 10.1 Å². The second kappa shape index (κ2) is 4.19. The molecule has 3 rings (SSSR count). The monoisotopic (exact) mass is 260 g/mol. The number of thiazole rings is 1. The molecule has 0 aromatic carbocycles. The van der Waals surface area contributed by atoms with Crippen LogP contribution < -0.4 is 0 Å². The summed E-state index contributed by atoms with van der Waals surface area (Å²) < 4.78 is 4.76. The van der Waals surface area contributed by atoms with E-state index in [9.17, 15) is 4.79 Å². The van der Waals surface area contributed by atoms with E-state index in [0.29, 0.717) is 22.3 Å². The average Bonchev–Trinajstić information content (AvgIpc) is 3.06. The van der Waals surface area contributed by atoms with E-state index >= 15 is 0 Å². The van der Waals surface area contributed by atoms with E-state index in [1.807, 2.05) is 0 Å². The topological polar surface area (TPSA) is 80.8 Å². The van der Waals surface area contributed by atoms with Crippen LogP contribution in [0.15, 0.2) is 24.0 Å². The van der Waals surface area contributed by atoms with E-state index in [4.69, 9.17) is 4.74 Å². The first-order valence-corrected chi connectivity index (χ1v) is 5.99. The third-order valence-electron chi connectivity index (χ3n) is 2.50. The van der Waals surface area contributed by atoms with Crippen molar-refractivity contribution in [1.29, 1.82) is 0 Å². The molecule has 0 bridgehead atoms. The lowest BCUT2D eigenvalue weighted by molar-refractivity contribution is 0.0602. The van der Waals surface area contributed by atoms with Crippen molar-refractivity contribution < 1.29 is 9.53 Å². The van der Waals surface area contributed by atoms with Crippen molar-refractivity contribution in [3.05, 3.63) is 29.5 Å². The summed E-state index contributed by atoms with van der Waals surface area (Å²) in [7, 11) is 1.34. The fourth-order valence-corrected chi connectivity index (χ4v) is 2.26. The number of carbonyl (C=O) groups is 1. The number of aromatic nitrogens is 4. The predicted molar refractivity (Wildman–Crippen MR) is 66.3 cm³/mol. The molecule has 0 radical (unpaired) electrons. The Morgan fingerprint density at radius 2 is 2.33 bits per heavy atom. The van der Waals surface area contributed by atoms with E-state index in [2.05, 4.69) is 20.2 Å². The van der Waals surface area contributed by atoms with Crippen LogP contribution in [0.2, 0.25) is 0 Å². The third kappa shape index (κ3) is 1.65. The van der Waals surface area contributed by atoms with Gasteiger partial charge >= 0.3 is 5.97 Å². The van der Waals surface area contributed by atoms with Crippen LogP contribution in [0, 0.1) is 0 Å². The molecule has 18 heavy (non-hydrogen) atoms. The Hall–Kier alpha value is -2.28. The maximum Gasteiger partial charge on any atom is 0.340 e. The Bertz CT molecular complexity index is 705. The normalized spacial score (nSPS) is 10.7. The molecule has 1 N–H and O–H groups in total. The predicted octanol–water partition coefficient (Wildman–Crippen LogP) is 1.87. The standard InChI is InChI=1S/C11H8N4O2S/c1-17-11(16)6-2-7(9-4-12-5-18-9)14-8-3-13-15-10(6)8/h2-5H,1H3,(H,13,15). The van der Waals surface area contributed by atoms with Crippen LogP contribution >= 0.6 is 11.3 Å². The first-order valence-electron chi connectivity index (χ1n) is 5.11. The molecular weight excluding hydrogens is 252 g/mol. The van der Waals surface area contributed by atoms with Gasteiger partial charge in [-0.05, 0) is 6.07 Å². The van der Waals surface area contributed by atoms with Crippen LogP contribution in [-0.2, 0) is 4.74 Å². The number of ether oxygens (including phenoxy) is 1. The second-order valence-corrected chi connectivity index (χ2v) is 4.43. The summed E-state index contributed by atoms with van der Waals surface area (Å²) in [4.78, 5) is 21.1. The zero-order valence-electron chi connectivity index (χ0n) is 9.38. The molecule has 0 atom stereocenters. The summed E-state index contributed by atoms with van der Waals surface area (Å²) >= 11 is 1.46. The number of rotatable bonds is 2. The van der Waals surface area contributed by atoms with Crippen molar-refractivity contribution in [2.45, 2.75) is 0 Å². The maximum atomic E-state index is 11.7. The number of hydrogen-bond acceptors (Lipinski definition) is 6. The van der Waals surface area contributed by atoms with Crippen molar-refractivity contribution in [2.75, 3.05) is 7.11 Å². The Kier molecular flexibility index (Phi) is 2.52. The molecule has 0 fully saturated rings. The molecule has 0 spiro atoms. The average molecular weight is 260 g/mol. The highest BCUT2D eigenvalue weighted by Crippen LogP contribution is 2.26. The number of carbonyl (C=O) groups excluding carboxylic acids is 1. The minimum atomic E-state index is -0.419. The Morgan fingerprint density at radius 1 is 1.44 bits per heavy atom. The number of methoxy groups -OCH3 is 1. The number of aromatic amines is 1. The summed E-state index contributed by atoms with van der Waals surface area (Å²) in [6, 6.07) is 1.68. The lowest BCUT2D eigenvalue weighted by atomic mass is 10.2. The van der Waals surface area contributed by atoms with Crippen LogP contribution in [0.5, 0.6) is 0 Å². The summed E-state index contributed by atoms with van der Waals surface area (Å²) in [6.07, 6.45) is 3.28. The highest BCUT2D eigenvalue weighted by atomic mass is 32.1.